The molecule has 1 N–H and O–H groups in total. The van der Waals surface area contributed by atoms with Crippen molar-refractivity contribution in [3.63, 3.8) is 0 Å². The lowest BCUT2D eigenvalue weighted by molar-refractivity contribution is 0.0992. The number of anilines is 1. The second-order valence-corrected chi connectivity index (χ2v) is 5.67. The summed E-state index contributed by atoms with van der Waals surface area (Å²) in [5.41, 5.74) is 2.79. The molecule has 0 aliphatic rings. The average Bonchev–Trinajstić information content (AvgIpc) is 3.01. The standard InChI is InChI=1S/C20H16N2O3/c1-24-12-15-14-8-2-3-10-17(14)25-19(15)20(23)22-16-9-4-6-13-7-5-11-21-18(13)16/h2-11H,12H2,1H3,(H,22,23). The third-order valence-electron chi connectivity index (χ3n) is 4.07. The Morgan fingerprint density at radius 1 is 1.12 bits per heavy atom. The molecule has 0 saturated heterocycles. The molecule has 0 radical (unpaired) electrons. The Morgan fingerprint density at radius 3 is 2.84 bits per heavy atom. The molecule has 2 heterocycles. The summed E-state index contributed by atoms with van der Waals surface area (Å²) < 4.78 is 11.0. The zero-order valence-electron chi connectivity index (χ0n) is 13.7. The highest BCUT2D eigenvalue weighted by molar-refractivity contribution is 6.09. The minimum Gasteiger partial charge on any atom is -0.451 e. The number of ether oxygens (including phenoxy) is 1. The molecule has 0 atom stereocenters. The number of furan rings is 1. The predicted molar refractivity (Wildman–Crippen MR) is 96.6 cm³/mol. The number of hydrogen-bond donors (Lipinski definition) is 1. The van der Waals surface area contributed by atoms with Gasteiger partial charge in [0.25, 0.3) is 5.91 Å². The second-order valence-electron chi connectivity index (χ2n) is 5.67. The number of benzene rings is 2. The summed E-state index contributed by atoms with van der Waals surface area (Å²) in [7, 11) is 1.60. The molecule has 5 heteroatoms. The number of pyridine rings is 1. The topological polar surface area (TPSA) is 64.4 Å². The maximum absolute atomic E-state index is 12.8. The molecule has 4 rings (SSSR count). The molecule has 124 valence electrons. The van der Waals surface area contributed by atoms with E-state index in [1.54, 1.807) is 13.3 Å². The van der Waals surface area contributed by atoms with E-state index in [4.69, 9.17) is 9.15 Å². The minimum absolute atomic E-state index is 0.260. The van der Waals surface area contributed by atoms with Gasteiger partial charge in [0.05, 0.1) is 17.8 Å². The molecule has 0 aliphatic carbocycles. The normalized spacial score (nSPS) is 11.1. The van der Waals surface area contributed by atoms with Crippen LogP contribution >= 0.6 is 0 Å². The van der Waals surface area contributed by atoms with Gasteiger partial charge in [-0.2, -0.15) is 0 Å². The van der Waals surface area contributed by atoms with Crippen molar-refractivity contribution in [3.8, 4) is 0 Å². The van der Waals surface area contributed by atoms with Gasteiger partial charge >= 0.3 is 0 Å². The Bertz CT molecular complexity index is 1060. The average molecular weight is 332 g/mol. The van der Waals surface area contributed by atoms with Crippen molar-refractivity contribution in [2.45, 2.75) is 6.61 Å². The lowest BCUT2D eigenvalue weighted by Crippen LogP contribution is -2.13. The molecule has 25 heavy (non-hydrogen) atoms. The van der Waals surface area contributed by atoms with E-state index in [1.807, 2.05) is 54.6 Å². The molecule has 4 aromatic rings. The third kappa shape index (κ3) is 2.75. The van der Waals surface area contributed by atoms with Crippen molar-refractivity contribution < 1.29 is 13.9 Å². The fraction of sp³-hybridized carbons (Fsp3) is 0.100. The van der Waals surface area contributed by atoms with Gasteiger partial charge in [0.1, 0.15) is 5.58 Å². The summed E-state index contributed by atoms with van der Waals surface area (Å²) in [5.74, 6) is -0.0580. The molecule has 0 saturated carbocycles. The summed E-state index contributed by atoms with van der Waals surface area (Å²) in [4.78, 5) is 17.2. The largest absolute Gasteiger partial charge is 0.451 e. The van der Waals surface area contributed by atoms with E-state index < -0.39 is 0 Å². The molecule has 0 spiro atoms. The molecule has 2 aromatic carbocycles. The van der Waals surface area contributed by atoms with Gasteiger partial charge in [-0.15, -0.1) is 0 Å². The van der Waals surface area contributed by atoms with Crippen LogP contribution < -0.4 is 5.32 Å². The highest BCUT2D eigenvalue weighted by atomic mass is 16.5. The number of aromatic nitrogens is 1. The van der Waals surface area contributed by atoms with Crippen molar-refractivity contribution in [3.05, 3.63) is 72.1 Å². The molecular formula is C20H16N2O3. The molecule has 0 fully saturated rings. The molecule has 0 unspecified atom stereocenters. The number of para-hydroxylation sites is 2. The lowest BCUT2D eigenvalue weighted by atomic mass is 10.1. The molecule has 5 nitrogen and oxygen atoms in total. The second kappa shape index (κ2) is 6.37. The molecule has 2 aromatic heterocycles. The quantitative estimate of drug-likeness (QED) is 0.602. The summed E-state index contributed by atoms with van der Waals surface area (Å²) >= 11 is 0. The predicted octanol–water partition coefficient (Wildman–Crippen LogP) is 4.38. The van der Waals surface area contributed by atoms with Crippen LogP contribution in [0.4, 0.5) is 5.69 Å². The number of nitrogens with one attached hydrogen (secondary N) is 1. The monoisotopic (exact) mass is 332 g/mol. The van der Waals surface area contributed by atoms with Gasteiger partial charge in [-0.25, -0.2) is 0 Å². The zero-order chi connectivity index (χ0) is 17.2. The summed E-state index contributed by atoms with van der Waals surface area (Å²) in [6.07, 6.45) is 1.70. The number of fused-ring (bicyclic) bond motifs is 2. The van der Waals surface area contributed by atoms with Crippen molar-refractivity contribution in [2.75, 3.05) is 12.4 Å². The van der Waals surface area contributed by atoms with Gasteiger partial charge in [0.2, 0.25) is 0 Å². The lowest BCUT2D eigenvalue weighted by Gasteiger charge is -2.07. The van der Waals surface area contributed by atoms with E-state index in [2.05, 4.69) is 10.3 Å². The van der Waals surface area contributed by atoms with E-state index in [0.717, 1.165) is 21.9 Å². The van der Waals surface area contributed by atoms with Crippen LogP contribution in [0, 0.1) is 0 Å². The maximum atomic E-state index is 12.8. The Kier molecular flexibility index (Phi) is 3.91. The van der Waals surface area contributed by atoms with Crippen molar-refractivity contribution in [2.24, 2.45) is 0 Å². The van der Waals surface area contributed by atoms with Crippen LogP contribution in [0.3, 0.4) is 0 Å². The van der Waals surface area contributed by atoms with Crippen LogP contribution in [0.5, 0.6) is 0 Å². The van der Waals surface area contributed by atoms with Crippen molar-refractivity contribution in [1.82, 2.24) is 4.98 Å². The van der Waals surface area contributed by atoms with Crippen LogP contribution in [0.2, 0.25) is 0 Å². The van der Waals surface area contributed by atoms with Crippen LogP contribution in [0.25, 0.3) is 21.9 Å². The highest BCUT2D eigenvalue weighted by Crippen LogP contribution is 2.28. The third-order valence-corrected chi connectivity index (χ3v) is 4.07. The smallest absolute Gasteiger partial charge is 0.291 e. The number of carbonyl (C=O) groups excluding carboxylic acids is 1. The maximum Gasteiger partial charge on any atom is 0.291 e. The number of methoxy groups -OCH3 is 1. The molecular weight excluding hydrogens is 316 g/mol. The number of amides is 1. The van der Waals surface area contributed by atoms with Gasteiger partial charge in [-0.05, 0) is 18.2 Å². The first kappa shape index (κ1) is 15.4. The summed E-state index contributed by atoms with van der Waals surface area (Å²) in [5, 5.41) is 4.75. The number of nitrogens with zero attached hydrogens (tertiary/aromatic N) is 1. The first-order valence-corrected chi connectivity index (χ1v) is 7.92. The van der Waals surface area contributed by atoms with E-state index in [-0.39, 0.29) is 11.7 Å². The molecule has 1 amide bonds. The number of carbonyl (C=O) groups is 1. The van der Waals surface area contributed by atoms with E-state index in [1.165, 1.54) is 0 Å². The van der Waals surface area contributed by atoms with Crippen molar-refractivity contribution in [1.29, 1.82) is 0 Å². The first-order valence-electron chi connectivity index (χ1n) is 7.92. The van der Waals surface area contributed by atoms with E-state index in [9.17, 15) is 4.79 Å². The minimum atomic E-state index is -0.318. The van der Waals surface area contributed by atoms with Crippen LogP contribution in [0.1, 0.15) is 16.1 Å². The first-order chi connectivity index (χ1) is 12.3. The van der Waals surface area contributed by atoms with Gasteiger partial charge in [-0.3, -0.25) is 9.78 Å². The Labute approximate surface area is 144 Å². The zero-order valence-corrected chi connectivity index (χ0v) is 13.7. The fourth-order valence-electron chi connectivity index (χ4n) is 2.95. The summed E-state index contributed by atoms with van der Waals surface area (Å²) in [6, 6.07) is 17.0. The van der Waals surface area contributed by atoms with Gasteiger partial charge < -0.3 is 14.5 Å². The Morgan fingerprint density at radius 2 is 1.96 bits per heavy atom. The van der Waals surface area contributed by atoms with Gasteiger partial charge in [-0.1, -0.05) is 36.4 Å². The van der Waals surface area contributed by atoms with E-state index in [0.29, 0.717) is 17.9 Å². The fourth-order valence-corrected chi connectivity index (χ4v) is 2.95. The summed E-state index contributed by atoms with van der Waals surface area (Å²) in [6.45, 7) is 0.299. The SMILES string of the molecule is COCc1c(C(=O)Nc2cccc3cccnc23)oc2ccccc12. The van der Waals surface area contributed by atoms with Crippen LogP contribution in [-0.2, 0) is 11.3 Å². The number of hydrogen-bond acceptors (Lipinski definition) is 4. The van der Waals surface area contributed by atoms with Gasteiger partial charge in [0.15, 0.2) is 5.76 Å². The Hall–Kier alpha value is -3.18. The van der Waals surface area contributed by atoms with Crippen LogP contribution in [-0.4, -0.2) is 18.0 Å². The molecule has 0 aliphatic heterocycles. The Balaban J connectivity index is 1.76. The molecule has 0 bridgehead atoms. The number of rotatable bonds is 4. The van der Waals surface area contributed by atoms with Crippen molar-refractivity contribution >= 4 is 33.5 Å². The van der Waals surface area contributed by atoms with E-state index >= 15 is 0 Å². The van der Waals surface area contributed by atoms with Gasteiger partial charge in [0, 0.05) is 29.6 Å². The highest BCUT2D eigenvalue weighted by Gasteiger charge is 2.21. The van der Waals surface area contributed by atoms with Crippen LogP contribution in [0.15, 0.2) is 65.2 Å².